The van der Waals surface area contributed by atoms with Gasteiger partial charge in [-0.1, -0.05) is 30.3 Å². The Balaban J connectivity index is 1.49. The van der Waals surface area contributed by atoms with Gasteiger partial charge in [-0.3, -0.25) is 4.79 Å². The van der Waals surface area contributed by atoms with Crippen molar-refractivity contribution < 1.29 is 23.5 Å². The number of aromatic nitrogens is 1. The van der Waals surface area contributed by atoms with Gasteiger partial charge in [0.05, 0.1) is 32.3 Å². The topological polar surface area (TPSA) is 92.8 Å². The number of rotatable bonds is 7. The summed E-state index contributed by atoms with van der Waals surface area (Å²) in [6.07, 6.45) is -0.0222. The fraction of sp³-hybridized carbons (Fsp3) is 0.320. The van der Waals surface area contributed by atoms with Crippen LogP contribution in [-0.4, -0.2) is 49.9 Å². The minimum absolute atomic E-state index is 0.0222. The Morgan fingerprint density at radius 1 is 1.15 bits per heavy atom. The molecule has 1 fully saturated rings. The van der Waals surface area contributed by atoms with Crippen LogP contribution < -0.4 is 15.5 Å². The lowest BCUT2D eigenvalue weighted by Gasteiger charge is -2.28. The van der Waals surface area contributed by atoms with Crippen LogP contribution in [0.2, 0.25) is 0 Å². The molecule has 0 spiro atoms. The van der Waals surface area contributed by atoms with E-state index >= 15 is 0 Å². The van der Waals surface area contributed by atoms with Gasteiger partial charge in [-0.2, -0.15) is 0 Å². The minimum Gasteiger partial charge on any atom is -0.466 e. The number of nitrogens with zero attached hydrogens (tertiary/aromatic N) is 2. The number of benzene rings is 2. The SMILES string of the molecule is CCOC(=O)CC(NC(=O)Nc1cc(F)c2nc(N3CCOCC3)ccc2c1)c1ccccc1. The fourth-order valence-electron chi connectivity index (χ4n) is 3.87. The van der Waals surface area contributed by atoms with Crippen LogP contribution in [0.15, 0.2) is 54.6 Å². The van der Waals surface area contributed by atoms with Gasteiger partial charge >= 0.3 is 12.0 Å². The molecule has 1 aromatic heterocycles. The summed E-state index contributed by atoms with van der Waals surface area (Å²) in [5.74, 6) is -0.262. The van der Waals surface area contributed by atoms with Gasteiger partial charge in [-0.15, -0.1) is 0 Å². The molecule has 178 valence electrons. The van der Waals surface area contributed by atoms with E-state index < -0.39 is 23.9 Å². The molecular formula is C25H27FN4O4. The lowest BCUT2D eigenvalue weighted by Crippen LogP contribution is -2.36. The molecule has 0 bridgehead atoms. The molecule has 34 heavy (non-hydrogen) atoms. The fourth-order valence-corrected chi connectivity index (χ4v) is 3.87. The van der Waals surface area contributed by atoms with Crippen molar-refractivity contribution in [2.24, 2.45) is 0 Å². The van der Waals surface area contributed by atoms with E-state index in [-0.39, 0.29) is 24.2 Å². The molecule has 3 aromatic rings. The van der Waals surface area contributed by atoms with E-state index in [9.17, 15) is 14.0 Å². The van der Waals surface area contributed by atoms with E-state index in [2.05, 4.69) is 20.5 Å². The van der Waals surface area contributed by atoms with E-state index in [1.807, 2.05) is 36.4 Å². The molecule has 0 saturated carbocycles. The smallest absolute Gasteiger partial charge is 0.319 e. The zero-order valence-electron chi connectivity index (χ0n) is 18.9. The molecule has 9 heteroatoms. The second-order valence-corrected chi connectivity index (χ2v) is 7.87. The number of pyridine rings is 1. The number of hydrogen-bond donors (Lipinski definition) is 2. The van der Waals surface area contributed by atoms with Gasteiger partial charge in [0.2, 0.25) is 0 Å². The zero-order valence-corrected chi connectivity index (χ0v) is 18.9. The summed E-state index contributed by atoms with van der Waals surface area (Å²) < 4.78 is 25.3. The Morgan fingerprint density at radius 3 is 2.65 bits per heavy atom. The van der Waals surface area contributed by atoms with Crippen molar-refractivity contribution in [3.05, 3.63) is 66.0 Å². The number of amides is 2. The van der Waals surface area contributed by atoms with Crippen LogP contribution >= 0.6 is 0 Å². The average molecular weight is 467 g/mol. The van der Waals surface area contributed by atoms with E-state index in [1.165, 1.54) is 6.07 Å². The van der Waals surface area contributed by atoms with Gasteiger partial charge in [0.1, 0.15) is 11.3 Å². The first-order chi connectivity index (χ1) is 16.5. The molecule has 2 N–H and O–H groups in total. The number of hydrogen-bond acceptors (Lipinski definition) is 6. The van der Waals surface area contributed by atoms with Gasteiger partial charge < -0.3 is 25.0 Å². The third kappa shape index (κ3) is 5.79. The molecule has 1 aliphatic rings. The van der Waals surface area contributed by atoms with Crippen LogP contribution in [0.3, 0.4) is 0 Å². The van der Waals surface area contributed by atoms with Crippen molar-refractivity contribution in [1.82, 2.24) is 10.3 Å². The van der Waals surface area contributed by atoms with Crippen LogP contribution in [0, 0.1) is 5.82 Å². The van der Waals surface area contributed by atoms with Crippen molar-refractivity contribution >= 4 is 34.4 Å². The highest BCUT2D eigenvalue weighted by molar-refractivity contribution is 5.93. The summed E-state index contributed by atoms with van der Waals surface area (Å²) in [5.41, 5.74) is 1.28. The second kappa shape index (κ2) is 10.9. The summed E-state index contributed by atoms with van der Waals surface area (Å²) in [5, 5.41) is 6.01. The first kappa shape index (κ1) is 23.4. The van der Waals surface area contributed by atoms with Crippen molar-refractivity contribution in [3.8, 4) is 0 Å². The average Bonchev–Trinajstić information content (AvgIpc) is 2.85. The second-order valence-electron chi connectivity index (χ2n) is 7.87. The third-order valence-electron chi connectivity index (χ3n) is 5.51. The Hall–Kier alpha value is -3.72. The maximum absolute atomic E-state index is 14.9. The number of carbonyl (C=O) groups excluding carboxylic acids is 2. The van der Waals surface area contributed by atoms with E-state index in [0.717, 1.165) is 5.56 Å². The molecule has 1 aliphatic heterocycles. The van der Waals surface area contributed by atoms with Gasteiger partial charge in [0.25, 0.3) is 0 Å². The van der Waals surface area contributed by atoms with Crippen molar-refractivity contribution in [3.63, 3.8) is 0 Å². The van der Waals surface area contributed by atoms with Gasteiger partial charge in [0, 0.05) is 24.2 Å². The maximum atomic E-state index is 14.9. The molecule has 1 atom stereocenters. The number of carbonyl (C=O) groups is 2. The number of ether oxygens (including phenoxy) is 2. The number of halogens is 1. The van der Waals surface area contributed by atoms with Crippen molar-refractivity contribution in [1.29, 1.82) is 0 Å². The molecule has 2 heterocycles. The summed E-state index contributed by atoms with van der Waals surface area (Å²) in [7, 11) is 0. The third-order valence-corrected chi connectivity index (χ3v) is 5.51. The van der Waals surface area contributed by atoms with E-state index in [1.54, 1.807) is 19.1 Å². The molecule has 4 rings (SSSR count). The van der Waals surface area contributed by atoms with Gasteiger partial charge in [0.15, 0.2) is 5.82 Å². The predicted molar refractivity (Wildman–Crippen MR) is 127 cm³/mol. The standard InChI is InChI=1S/C25H27FN4O4/c1-2-34-23(31)16-21(17-6-4-3-5-7-17)28-25(32)27-19-14-18-8-9-22(29-24(18)20(26)15-19)30-10-12-33-13-11-30/h3-9,14-15,21H,2,10-13,16H2,1H3,(H2,27,28,32). The first-order valence-corrected chi connectivity index (χ1v) is 11.2. The van der Waals surface area contributed by atoms with E-state index in [0.29, 0.717) is 37.5 Å². The van der Waals surface area contributed by atoms with Crippen molar-refractivity contribution in [2.45, 2.75) is 19.4 Å². The molecular weight excluding hydrogens is 439 g/mol. The molecule has 0 aliphatic carbocycles. The quantitative estimate of drug-likeness (QED) is 0.511. The number of fused-ring (bicyclic) bond motifs is 1. The molecule has 0 radical (unpaired) electrons. The Morgan fingerprint density at radius 2 is 1.91 bits per heavy atom. The summed E-state index contributed by atoms with van der Waals surface area (Å²) in [6.45, 7) is 4.61. The van der Waals surface area contributed by atoms with Crippen LogP contribution in [0.25, 0.3) is 10.9 Å². The van der Waals surface area contributed by atoms with Crippen LogP contribution in [-0.2, 0) is 14.3 Å². The molecule has 1 unspecified atom stereocenters. The summed E-state index contributed by atoms with van der Waals surface area (Å²) >= 11 is 0. The molecule has 2 amide bonds. The van der Waals surface area contributed by atoms with Crippen LogP contribution in [0.1, 0.15) is 24.9 Å². The number of anilines is 2. The maximum Gasteiger partial charge on any atom is 0.319 e. The zero-order chi connectivity index (χ0) is 23.9. The van der Waals surface area contributed by atoms with Crippen molar-refractivity contribution in [2.75, 3.05) is 43.1 Å². The lowest BCUT2D eigenvalue weighted by atomic mass is 10.0. The highest BCUT2D eigenvalue weighted by Crippen LogP contribution is 2.25. The van der Waals surface area contributed by atoms with Gasteiger partial charge in [-0.25, -0.2) is 14.2 Å². The molecule has 1 saturated heterocycles. The first-order valence-electron chi connectivity index (χ1n) is 11.2. The molecule has 2 aromatic carbocycles. The predicted octanol–water partition coefficient (Wildman–Crippen LogP) is 4.03. The Bertz CT molecular complexity index is 1150. The minimum atomic E-state index is -0.594. The number of morpholine rings is 1. The highest BCUT2D eigenvalue weighted by Gasteiger charge is 2.20. The highest BCUT2D eigenvalue weighted by atomic mass is 19.1. The summed E-state index contributed by atoms with van der Waals surface area (Å²) in [6, 6.07) is 14.5. The summed E-state index contributed by atoms with van der Waals surface area (Å²) in [4.78, 5) is 31.3. The monoisotopic (exact) mass is 466 g/mol. The van der Waals surface area contributed by atoms with Crippen LogP contribution in [0.4, 0.5) is 20.7 Å². The lowest BCUT2D eigenvalue weighted by molar-refractivity contribution is -0.143. The largest absolute Gasteiger partial charge is 0.466 e. The number of esters is 1. The van der Waals surface area contributed by atoms with Gasteiger partial charge in [-0.05, 0) is 36.8 Å². The number of urea groups is 1. The van der Waals surface area contributed by atoms with E-state index in [4.69, 9.17) is 9.47 Å². The Labute approximate surface area is 197 Å². The Kier molecular flexibility index (Phi) is 7.54. The normalized spacial score (nSPS) is 14.5. The van der Waals surface area contributed by atoms with Crippen LogP contribution in [0.5, 0.6) is 0 Å². The number of nitrogens with one attached hydrogen (secondary N) is 2. The molecule has 8 nitrogen and oxygen atoms in total.